The summed E-state index contributed by atoms with van der Waals surface area (Å²) in [6.45, 7) is 0.194. The molecule has 0 radical (unpaired) electrons. The Morgan fingerprint density at radius 1 is 1.19 bits per heavy atom. The van der Waals surface area contributed by atoms with Crippen LogP contribution in [0, 0.1) is 0 Å². The van der Waals surface area contributed by atoms with Crippen molar-refractivity contribution in [2.45, 2.75) is 12.8 Å². The lowest BCUT2D eigenvalue weighted by Crippen LogP contribution is -2.12. The van der Waals surface area contributed by atoms with Gasteiger partial charge in [-0.05, 0) is 24.3 Å². The van der Waals surface area contributed by atoms with E-state index in [9.17, 15) is 4.79 Å². The summed E-state index contributed by atoms with van der Waals surface area (Å²) in [5, 5.41) is 6.77. The fraction of sp³-hybridized carbons (Fsp3) is 0.211. The number of aryl methyl sites for hydroxylation is 1. The molecule has 138 valence electrons. The molecule has 0 fully saturated rings. The Morgan fingerprint density at radius 3 is 2.96 bits per heavy atom. The van der Waals surface area contributed by atoms with Crippen molar-refractivity contribution in [1.82, 2.24) is 10.1 Å². The quantitative estimate of drug-likeness (QED) is 0.715. The van der Waals surface area contributed by atoms with Crippen molar-refractivity contribution in [3.05, 3.63) is 48.4 Å². The maximum absolute atomic E-state index is 12.2. The smallest absolute Gasteiger partial charge is 0.231 e. The minimum Gasteiger partial charge on any atom is -0.497 e. The zero-order valence-corrected chi connectivity index (χ0v) is 14.6. The summed E-state index contributed by atoms with van der Waals surface area (Å²) in [6.07, 6.45) is 0.557. The number of rotatable bonds is 6. The van der Waals surface area contributed by atoms with Crippen LogP contribution in [0.25, 0.3) is 11.4 Å². The van der Waals surface area contributed by atoms with Gasteiger partial charge in [0.05, 0.1) is 7.11 Å². The number of methoxy groups -OCH3 is 1. The molecule has 4 rings (SSSR count). The summed E-state index contributed by atoms with van der Waals surface area (Å²) >= 11 is 0. The molecule has 0 bridgehead atoms. The Labute approximate surface area is 155 Å². The molecule has 2 heterocycles. The first-order valence-corrected chi connectivity index (χ1v) is 8.38. The van der Waals surface area contributed by atoms with Crippen LogP contribution in [-0.2, 0) is 11.2 Å². The van der Waals surface area contributed by atoms with E-state index >= 15 is 0 Å². The second-order valence-corrected chi connectivity index (χ2v) is 5.86. The van der Waals surface area contributed by atoms with Gasteiger partial charge in [0.2, 0.25) is 24.4 Å². The van der Waals surface area contributed by atoms with E-state index in [4.69, 9.17) is 18.7 Å². The van der Waals surface area contributed by atoms with Gasteiger partial charge in [0.15, 0.2) is 11.5 Å². The minimum atomic E-state index is -0.157. The second kappa shape index (κ2) is 7.36. The lowest BCUT2D eigenvalue weighted by atomic mass is 10.2. The molecule has 0 saturated heterocycles. The van der Waals surface area contributed by atoms with Gasteiger partial charge in [-0.1, -0.05) is 17.3 Å². The molecule has 0 unspecified atom stereocenters. The molecule has 0 aliphatic carbocycles. The van der Waals surface area contributed by atoms with Gasteiger partial charge >= 0.3 is 0 Å². The predicted molar refractivity (Wildman–Crippen MR) is 95.8 cm³/mol. The van der Waals surface area contributed by atoms with Crippen molar-refractivity contribution in [3.8, 4) is 28.6 Å². The molecule has 2 aromatic carbocycles. The lowest BCUT2D eigenvalue weighted by Gasteiger charge is -2.05. The van der Waals surface area contributed by atoms with Crippen LogP contribution in [0.5, 0.6) is 17.2 Å². The number of hydrogen-bond donors (Lipinski definition) is 1. The van der Waals surface area contributed by atoms with Crippen LogP contribution in [0.2, 0.25) is 0 Å². The number of hydrogen-bond acceptors (Lipinski definition) is 7. The van der Waals surface area contributed by atoms with Crippen molar-refractivity contribution in [2.24, 2.45) is 0 Å². The Hall–Kier alpha value is -3.55. The fourth-order valence-electron chi connectivity index (χ4n) is 2.65. The molecule has 1 amide bonds. The molecule has 27 heavy (non-hydrogen) atoms. The van der Waals surface area contributed by atoms with Gasteiger partial charge in [0, 0.05) is 30.2 Å². The van der Waals surface area contributed by atoms with Gasteiger partial charge in [-0.25, -0.2) is 0 Å². The molecular weight excluding hydrogens is 350 g/mol. The summed E-state index contributed by atoms with van der Waals surface area (Å²) in [7, 11) is 1.60. The van der Waals surface area contributed by atoms with Crippen LogP contribution in [0.4, 0.5) is 5.69 Å². The van der Waals surface area contributed by atoms with E-state index < -0.39 is 0 Å². The molecule has 3 aromatic rings. The third-order valence-corrected chi connectivity index (χ3v) is 4.02. The summed E-state index contributed by atoms with van der Waals surface area (Å²) in [6, 6.07) is 12.6. The number of amides is 1. The number of aromatic nitrogens is 2. The second-order valence-electron chi connectivity index (χ2n) is 5.86. The Balaban J connectivity index is 1.35. The molecule has 1 N–H and O–H groups in total. The lowest BCUT2D eigenvalue weighted by molar-refractivity contribution is -0.116. The van der Waals surface area contributed by atoms with Crippen LogP contribution >= 0.6 is 0 Å². The summed E-state index contributed by atoms with van der Waals surface area (Å²) < 4.78 is 21.0. The van der Waals surface area contributed by atoms with Crippen LogP contribution in [0.3, 0.4) is 0 Å². The van der Waals surface area contributed by atoms with Gasteiger partial charge in [0.25, 0.3) is 0 Å². The van der Waals surface area contributed by atoms with Crippen LogP contribution in [0.1, 0.15) is 12.3 Å². The van der Waals surface area contributed by atoms with Gasteiger partial charge in [-0.3, -0.25) is 4.79 Å². The van der Waals surface area contributed by atoms with E-state index in [1.807, 2.05) is 24.3 Å². The van der Waals surface area contributed by atoms with Crippen molar-refractivity contribution >= 4 is 11.6 Å². The number of nitrogens with zero attached hydrogens (tertiary/aromatic N) is 2. The van der Waals surface area contributed by atoms with E-state index in [1.54, 1.807) is 25.3 Å². The SMILES string of the molecule is COc1cccc(-c2noc(CCC(=O)Nc3ccc4c(c3)OCO4)n2)c1. The van der Waals surface area contributed by atoms with E-state index in [2.05, 4.69) is 15.5 Å². The van der Waals surface area contributed by atoms with Gasteiger partial charge in [-0.2, -0.15) is 4.98 Å². The van der Waals surface area contributed by atoms with Crippen LogP contribution < -0.4 is 19.5 Å². The highest BCUT2D eigenvalue weighted by atomic mass is 16.7. The molecule has 1 aliphatic heterocycles. The summed E-state index contributed by atoms with van der Waals surface area (Å²) in [4.78, 5) is 16.5. The maximum Gasteiger partial charge on any atom is 0.231 e. The summed E-state index contributed by atoms with van der Waals surface area (Å²) in [5.74, 6) is 2.70. The van der Waals surface area contributed by atoms with Gasteiger partial charge < -0.3 is 24.1 Å². The molecule has 8 nitrogen and oxygen atoms in total. The first kappa shape index (κ1) is 16.9. The predicted octanol–water partition coefficient (Wildman–Crippen LogP) is 3.05. The van der Waals surface area contributed by atoms with Gasteiger partial charge in [0.1, 0.15) is 5.75 Å². The van der Waals surface area contributed by atoms with E-state index in [0.717, 1.165) is 5.56 Å². The van der Waals surface area contributed by atoms with Crippen molar-refractivity contribution in [2.75, 3.05) is 19.2 Å². The van der Waals surface area contributed by atoms with E-state index in [1.165, 1.54) is 0 Å². The number of ether oxygens (including phenoxy) is 3. The number of fused-ring (bicyclic) bond motifs is 1. The third-order valence-electron chi connectivity index (χ3n) is 4.02. The van der Waals surface area contributed by atoms with Crippen LogP contribution in [-0.4, -0.2) is 30.0 Å². The molecule has 0 atom stereocenters. The highest BCUT2D eigenvalue weighted by Crippen LogP contribution is 2.34. The molecule has 1 aliphatic rings. The molecule has 0 spiro atoms. The number of carbonyl (C=O) groups excluding carboxylic acids is 1. The highest BCUT2D eigenvalue weighted by molar-refractivity contribution is 5.91. The summed E-state index contributed by atoms with van der Waals surface area (Å²) in [5.41, 5.74) is 1.43. The van der Waals surface area contributed by atoms with E-state index in [-0.39, 0.29) is 19.1 Å². The highest BCUT2D eigenvalue weighted by Gasteiger charge is 2.15. The Kier molecular flexibility index (Phi) is 4.61. The van der Waals surface area contributed by atoms with Crippen molar-refractivity contribution < 1.29 is 23.5 Å². The van der Waals surface area contributed by atoms with E-state index in [0.29, 0.717) is 41.1 Å². The molecule has 0 saturated carbocycles. The number of benzene rings is 2. The number of nitrogens with one attached hydrogen (secondary N) is 1. The van der Waals surface area contributed by atoms with Crippen molar-refractivity contribution in [3.63, 3.8) is 0 Å². The van der Waals surface area contributed by atoms with Crippen molar-refractivity contribution in [1.29, 1.82) is 0 Å². The third kappa shape index (κ3) is 3.84. The Morgan fingerprint density at radius 2 is 2.07 bits per heavy atom. The monoisotopic (exact) mass is 367 g/mol. The normalized spacial score (nSPS) is 12.0. The Bertz CT molecular complexity index is 969. The number of carbonyl (C=O) groups is 1. The molecule has 8 heteroatoms. The molecule has 1 aromatic heterocycles. The average molecular weight is 367 g/mol. The largest absolute Gasteiger partial charge is 0.497 e. The fourth-order valence-corrected chi connectivity index (χ4v) is 2.65. The number of anilines is 1. The first-order valence-electron chi connectivity index (χ1n) is 8.38. The van der Waals surface area contributed by atoms with Gasteiger partial charge in [-0.15, -0.1) is 0 Å². The zero-order valence-electron chi connectivity index (χ0n) is 14.6. The maximum atomic E-state index is 12.2. The average Bonchev–Trinajstić information content (AvgIpc) is 3.35. The zero-order chi connectivity index (χ0) is 18.6. The topological polar surface area (TPSA) is 95.7 Å². The first-order chi connectivity index (χ1) is 13.2. The minimum absolute atomic E-state index is 0.157. The molecular formula is C19H17N3O5. The van der Waals surface area contributed by atoms with Crippen LogP contribution in [0.15, 0.2) is 47.0 Å². The standard InChI is InChI=1S/C19H17N3O5/c1-24-14-4-2-3-12(9-14)19-21-18(27-22-19)8-7-17(23)20-13-5-6-15-16(10-13)26-11-25-15/h2-6,9-10H,7-8,11H2,1H3,(H,20,23).